The van der Waals surface area contributed by atoms with E-state index >= 15 is 0 Å². The molecule has 4 heteroatoms. The van der Waals surface area contributed by atoms with Gasteiger partial charge < -0.3 is 10.6 Å². The first-order valence-electron chi connectivity index (χ1n) is 6.17. The van der Waals surface area contributed by atoms with E-state index in [4.69, 9.17) is 5.73 Å². The number of carbonyl (C=O) groups excluding carboxylic acids is 1. The van der Waals surface area contributed by atoms with Crippen LogP contribution >= 0.6 is 0 Å². The van der Waals surface area contributed by atoms with E-state index in [1.807, 2.05) is 19.0 Å². The molecule has 0 heterocycles. The second kappa shape index (κ2) is 6.61. The fraction of sp³-hybridized carbons (Fsp3) is 0.500. The van der Waals surface area contributed by atoms with E-state index in [-0.39, 0.29) is 17.6 Å². The van der Waals surface area contributed by atoms with Gasteiger partial charge in [0.05, 0.1) is 0 Å². The summed E-state index contributed by atoms with van der Waals surface area (Å²) in [6.45, 7) is 2.24. The van der Waals surface area contributed by atoms with Crippen LogP contribution in [0.15, 0.2) is 18.2 Å². The number of likely N-dealkylation sites (N-methyl/N-ethyl adjacent to an activating group) is 1. The fourth-order valence-electron chi connectivity index (χ4n) is 1.82. The molecule has 0 aliphatic rings. The summed E-state index contributed by atoms with van der Waals surface area (Å²) in [6, 6.07) is 4.80. The third kappa shape index (κ3) is 3.62. The summed E-state index contributed by atoms with van der Waals surface area (Å²) in [5, 5.41) is 0. The molecule has 0 spiro atoms. The van der Waals surface area contributed by atoms with E-state index in [0.29, 0.717) is 30.5 Å². The third-order valence-corrected chi connectivity index (χ3v) is 3.15. The minimum Gasteiger partial charge on any atom is -0.329 e. The Bertz CT molecular complexity index is 418. The van der Waals surface area contributed by atoms with Crippen LogP contribution in [0.25, 0.3) is 0 Å². The zero-order valence-corrected chi connectivity index (χ0v) is 11.2. The number of benzene rings is 1. The summed E-state index contributed by atoms with van der Waals surface area (Å²) >= 11 is 0. The van der Waals surface area contributed by atoms with Gasteiger partial charge in [-0.25, -0.2) is 4.39 Å². The molecule has 1 atom stereocenters. The summed E-state index contributed by atoms with van der Waals surface area (Å²) in [7, 11) is 3.84. The first-order valence-corrected chi connectivity index (χ1v) is 6.17. The maximum atomic E-state index is 13.9. The van der Waals surface area contributed by atoms with Crippen molar-refractivity contribution in [2.45, 2.75) is 25.8 Å². The zero-order valence-electron chi connectivity index (χ0n) is 11.2. The quantitative estimate of drug-likeness (QED) is 0.786. The first kappa shape index (κ1) is 14.8. The van der Waals surface area contributed by atoms with Crippen molar-refractivity contribution < 1.29 is 9.18 Å². The van der Waals surface area contributed by atoms with Crippen molar-refractivity contribution in [2.75, 3.05) is 20.6 Å². The maximum Gasteiger partial charge on any atom is 0.162 e. The second-order valence-corrected chi connectivity index (χ2v) is 4.64. The normalized spacial score (nSPS) is 12.8. The zero-order chi connectivity index (χ0) is 13.7. The van der Waals surface area contributed by atoms with Crippen molar-refractivity contribution in [3.05, 3.63) is 35.1 Å². The molecule has 0 bridgehead atoms. The van der Waals surface area contributed by atoms with Crippen molar-refractivity contribution in [2.24, 2.45) is 5.73 Å². The molecule has 100 valence electrons. The highest BCUT2D eigenvalue weighted by Gasteiger charge is 2.14. The molecule has 18 heavy (non-hydrogen) atoms. The molecule has 0 aromatic heterocycles. The van der Waals surface area contributed by atoms with Gasteiger partial charge in [-0.2, -0.15) is 0 Å². The number of nitrogens with two attached hydrogens (primary N) is 1. The molecular formula is C14H21FN2O. The monoisotopic (exact) mass is 252 g/mol. The van der Waals surface area contributed by atoms with Crippen LogP contribution in [0.5, 0.6) is 0 Å². The number of ketones is 1. The van der Waals surface area contributed by atoms with E-state index in [1.165, 1.54) is 6.07 Å². The summed E-state index contributed by atoms with van der Waals surface area (Å²) < 4.78 is 13.9. The van der Waals surface area contributed by atoms with Gasteiger partial charge in [-0.15, -0.1) is 0 Å². The lowest BCUT2D eigenvalue weighted by Crippen LogP contribution is -2.37. The molecule has 1 rings (SSSR count). The average molecular weight is 252 g/mol. The largest absolute Gasteiger partial charge is 0.329 e. The van der Waals surface area contributed by atoms with Crippen LogP contribution < -0.4 is 5.73 Å². The highest BCUT2D eigenvalue weighted by atomic mass is 19.1. The Kier molecular flexibility index (Phi) is 5.44. The molecule has 0 unspecified atom stereocenters. The lowest BCUT2D eigenvalue weighted by atomic mass is 10.0. The Morgan fingerprint density at radius 3 is 2.56 bits per heavy atom. The Labute approximate surface area is 108 Å². The molecular weight excluding hydrogens is 231 g/mol. The summed E-state index contributed by atoms with van der Waals surface area (Å²) in [4.78, 5) is 13.4. The van der Waals surface area contributed by atoms with E-state index in [1.54, 1.807) is 19.1 Å². The molecule has 0 amide bonds. The second-order valence-electron chi connectivity index (χ2n) is 4.64. The molecule has 0 aliphatic carbocycles. The summed E-state index contributed by atoms with van der Waals surface area (Å²) in [5.74, 6) is -0.363. The van der Waals surface area contributed by atoms with E-state index < -0.39 is 0 Å². The molecule has 1 aromatic carbocycles. The first-order chi connectivity index (χ1) is 8.49. The Morgan fingerprint density at radius 2 is 2.11 bits per heavy atom. The molecule has 0 saturated heterocycles. The fourth-order valence-corrected chi connectivity index (χ4v) is 1.82. The van der Waals surface area contributed by atoms with Gasteiger partial charge in [-0.05, 0) is 32.1 Å². The van der Waals surface area contributed by atoms with Gasteiger partial charge in [-0.3, -0.25) is 4.79 Å². The number of halogens is 1. The van der Waals surface area contributed by atoms with Gasteiger partial charge in [0.1, 0.15) is 5.82 Å². The van der Waals surface area contributed by atoms with E-state index in [9.17, 15) is 9.18 Å². The van der Waals surface area contributed by atoms with Crippen LogP contribution in [0.2, 0.25) is 0 Å². The highest BCUT2D eigenvalue weighted by molar-refractivity contribution is 5.95. The molecule has 0 aliphatic heterocycles. The van der Waals surface area contributed by atoms with Gasteiger partial charge in [0.15, 0.2) is 5.78 Å². The standard InChI is InChI=1S/C14H21FN2O/c1-4-14(18)11-6-5-10(13(15)8-11)7-12(9-16)17(2)3/h5-6,8,12H,4,7,9,16H2,1-3H3/t12-/m0/s1. The van der Waals surface area contributed by atoms with Crippen molar-refractivity contribution in [3.63, 3.8) is 0 Å². The van der Waals surface area contributed by atoms with Gasteiger partial charge in [0, 0.05) is 24.6 Å². The van der Waals surface area contributed by atoms with Crippen LogP contribution in [-0.4, -0.2) is 37.4 Å². The van der Waals surface area contributed by atoms with Crippen LogP contribution in [0.1, 0.15) is 29.3 Å². The summed E-state index contributed by atoms with van der Waals surface area (Å²) in [6.07, 6.45) is 0.942. The van der Waals surface area contributed by atoms with Gasteiger partial charge in [-0.1, -0.05) is 19.1 Å². The highest BCUT2D eigenvalue weighted by Crippen LogP contribution is 2.15. The van der Waals surface area contributed by atoms with Gasteiger partial charge in [0.25, 0.3) is 0 Å². The summed E-state index contributed by atoms with van der Waals surface area (Å²) in [5.41, 5.74) is 6.69. The smallest absolute Gasteiger partial charge is 0.162 e. The van der Waals surface area contributed by atoms with Gasteiger partial charge in [0.2, 0.25) is 0 Å². The lowest BCUT2D eigenvalue weighted by molar-refractivity contribution is 0.0987. The van der Waals surface area contributed by atoms with Crippen molar-refractivity contribution in [3.8, 4) is 0 Å². The van der Waals surface area contributed by atoms with Crippen LogP contribution in [0.4, 0.5) is 4.39 Å². The number of nitrogens with zero attached hydrogens (tertiary/aromatic N) is 1. The molecule has 1 aromatic rings. The van der Waals surface area contributed by atoms with Crippen molar-refractivity contribution >= 4 is 5.78 Å². The molecule has 0 saturated carbocycles. The molecule has 2 N–H and O–H groups in total. The van der Waals surface area contributed by atoms with E-state index in [2.05, 4.69) is 0 Å². The minimum atomic E-state index is -0.324. The average Bonchev–Trinajstić information content (AvgIpc) is 2.35. The van der Waals surface area contributed by atoms with Crippen LogP contribution in [0, 0.1) is 5.82 Å². The van der Waals surface area contributed by atoms with Crippen LogP contribution in [-0.2, 0) is 6.42 Å². The number of carbonyl (C=O) groups is 1. The van der Waals surface area contributed by atoms with E-state index in [0.717, 1.165) is 0 Å². The van der Waals surface area contributed by atoms with Crippen LogP contribution in [0.3, 0.4) is 0 Å². The molecule has 0 fully saturated rings. The predicted octanol–water partition coefficient (Wildman–Crippen LogP) is 1.85. The van der Waals surface area contributed by atoms with Crippen molar-refractivity contribution in [1.82, 2.24) is 4.90 Å². The number of hydrogen-bond donors (Lipinski definition) is 1. The number of hydrogen-bond acceptors (Lipinski definition) is 3. The molecule has 0 radical (unpaired) electrons. The topological polar surface area (TPSA) is 46.3 Å². The minimum absolute atomic E-state index is 0.0385. The lowest BCUT2D eigenvalue weighted by Gasteiger charge is -2.22. The van der Waals surface area contributed by atoms with Crippen molar-refractivity contribution in [1.29, 1.82) is 0 Å². The Hall–Kier alpha value is -1.26. The molecule has 3 nitrogen and oxygen atoms in total. The van der Waals surface area contributed by atoms with Gasteiger partial charge >= 0.3 is 0 Å². The predicted molar refractivity (Wildman–Crippen MR) is 71.3 cm³/mol. The SMILES string of the molecule is CCC(=O)c1ccc(C[C@@H](CN)N(C)C)c(F)c1. The number of Topliss-reactive ketones (excluding diaryl/α,β-unsaturated/α-hetero) is 1. The Balaban J connectivity index is 2.89. The third-order valence-electron chi connectivity index (χ3n) is 3.15. The Morgan fingerprint density at radius 1 is 1.44 bits per heavy atom. The number of rotatable bonds is 6. The maximum absolute atomic E-state index is 13.9.